The van der Waals surface area contributed by atoms with Gasteiger partial charge in [-0.3, -0.25) is 9.36 Å². The van der Waals surface area contributed by atoms with Gasteiger partial charge in [0, 0.05) is 23.6 Å². The number of aliphatic hydroxyl groups excluding tert-OH is 1. The Kier molecular flexibility index (Phi) is 3.72. The summed E-state index contributed by atoms with van der Waals surface area (Å²) >= 11 is 1.40. The maximum atomic E-state index is 12.6. The third-order valence-electron chi connectivity index (χ3n) is 3.19. The van der Waals surface area contributed by atoms with Crippen LogP contribution in [-0.2, 0) is 6.61 Å². The first kappa shape index (κ1) is 13.8. The van der Waals surface area contributed by atoms with Gasteiger partial charge in [-0.2, -0.15) is 0 Å². The average Bonchev–Trinajstić information content (AvgIpc) is 2.55. The highest BCUT2D eigenvalue weighted by atomic mass is 32.2. The van der Waals surface area contributed by atoms with Crippen LogP contribution in [0.1, 0.15) is 5.56 Å². The van der Waals surface area contributed by atoms with Crippen molar-refractivity contribution in [2.75, 3.05) is 6.26 Å². The Bertz CT molecular complexity index is 847. The highest BCUT2D eigenvalue weighted by Gasteiger charge is 2.12. The van der Waals surface area contributed by atoms with Gasteiger partial charge >= 0.3 is 0 Å². The van der Waals surface area contributed by atoms with Crippen LogP contribution < -0.4 is 5.56 Å². The quantitative estimate of drug-likeness (QED) is 0.592. The number of aliphatic hydroxyl groups is 1. The molecule has 0 spiro atoms. The lowest BCUT2D eigenvalue weighted by molar-refractivity contribution is 0.282. The summed E-state index contributed by atoms with van der Waals surface area (Å²) in [7, 11) is 0. The second kappa shape index (κ2) is 5.67. The van der Waals surface area contributed by atoms with E-state index in [1.165, 1.54) is 22.5 Å². The van der Waals surface area contributed by atoms with Crippen molar-refractivity contribution in [1.29, 1.82) is 0 Å². The van der Waals surface area contributed by atoms with Crippen LogP contribution in [0.5, 0.6) is 0 Å². The number of hydrogen-bond donors (Lipinski definition) is 1. The third-order valence-corrected chi connectivity index (χ3v) is 3.75. The predicted octanol–water partition coefficient (Wildman–Crippen LogP) is 1.99. The zero-order valence-electron chi connectivity index (χ0n) is 11.4. The summed E-state index contributed by atoms with van der Waals surface area (Å²) in [6.07, 6.45) is 5.02. The molecule has 3 aromatic rings. The Hall–Kier alpha value is -2.18. The van der Waals surface area contributed by atoms with Crippen LogP contribution in [0.4, 0.5) is 0 Å². The predicted molar refractivity (Wildman–Crippen MR) is 82.8 cm³/mol. The fourth-order valence-corrected chi connectivity index (χ4v) is 2.51. The lowest BCUT2D eigenvalue weighted by atomic mass is 10.2. The summed E-state index contributed by atoms with van der Waals surface area (Å²) in [5.74, 6) is 0. The second-order valence-corrected chi connectivity index (χ2v) is 5.22. The van der Waals surface area contributed by atoms with Gasteiger partial charge in [-0.1, -0.05) is 30.0 Å². The minimum Gasteiger partial charge on any atom is -0.392 e. The van der Waals surface area contributed by atoms with Crippen LogP contribution >= 0.6 is 11.8 Å². The van der Waals surface area contributed by atoms with Crippen molar-refractivity contribution in [3.8, 4) is 5.69 Å². The number of nitrogens with zero attached hydrogens (tertiary/aromatic N) is 3. The van der Waals surface area contributed by atoms with E-state index in [0.717, 1.165) is 5.69 Å². The Morgan fingerprint density at radius 1 is 1.29 bits per heavy atom. The van der Waals surface area contributed by atoms with Crippen molar-refractivity contribution < 1.29 is 5.11 Å². The Morgan fingerprint density at radius 2 is 2.05 bits per heavy atom. The molecule has 0 fully saturated rings. The molecule has 21 heavy (non-hydrogen) atoms. The molecule has 2 heterocycles. The molecule has 5 nitrogen and oxygen atoms in total. The molecular formula is C15H13N3O2S. The van der Waals surface area contributed by atoms with Crippen LogP contribution in [0, 0.1) is 0 Å². The number of thioether (sulfide) groups is 1. The molecule has 3 rings (SSSR count). The highest BCUT2D eigenvalue weighted by molar-refractivity contribution is 7.98. The monoisotopic (exact) mass is 299 g/mol. The van der Waals surface area contributed by atoms with Crippen LogP contribution in [0.2, 0.25) is 0 Å². The van der Waals surface area contributed by atoms with Crippen molar-refractivity contribution in [3.05, 3.63) is 58.6 Å². The molecule has 0 bridgehead atoms. The minimum absolute atomic E-state index is 0.186. The van der Waals surface area contributed by atoms with E-state index in [-0.39, 0.29) is 12.2 Å². The molecule has 0 saturated carbocycles. The second-order valence-electron chi connectivity index (χ2n) is 4.44. The Morgan fingerprint density at radius 3 is 2.71 bits per heavy atom. The van der Waals surface area contributed by atoms with E-state index in [1.807, 2.05) is 36.6 Å². The molecule has 0 aliphatic rings. The summed E-state index contributed by atoms with van der Waals surface area (Å²) < 4.78 is 1.51. The number of rotatable bonds is 3. The fourth-order valence-electron chi connectivity index (χ4n) is 2.17. The number of para-hydroxylation sites is 1. The topological polar surface area (TPSA) is 68.0 Å². The van der Waals surface area contributed by atoms with E-state index >= 15 is 0 Å². The van der Waals surface area contributed by atoms with E-state index in [2.05, 4.69) is 9.97 Å². The fraction of sp³-hybridized carbons (Fsp3) is 0.133. The van der Waals surface area contributed by atoms with Crippen LogP contribution in [0.15, 0.2) is 52.7 Å². The first-order valence-corrected chi connectivity index (χ1v) is 7.58. The van der Waals surface area contributed by atoms with Gasteiger partial charge in [0.2, 0.25) is 0 Å². The molecule has 6 heteroatoms. The average molecular weight is 299 g/mol. The largest absolute Gasteiger partial charge is 0.392 e. The van der Waals surface area contributed by atoms with Gasteiger partial charge in [-0.05, 0) is 18.4 Å². The SMILES string of the molecule is CSc1ncc2c(=O)n(-c3ccccc3)cc(CO)c2n1. The number of pyridine rings is 1. The summed E-state index contributed by atoms with van der Waals surface area (Å²) in [6, 6.07) is 9.28. The van der Waals surface area contributed by atoms with Crippen molar-refractivity contribution in [3.63, 3.8) is 0 Å². The maximum absolute atomic E-state index is 12.6. The lowest BCUT2D eigenvalue weighted by Crippen LogP contribution is -2.20. The molecule has 106 valence electrons. The summed E-state index contributed by atoms with van der Waals surface area (Å²) in [4.78, 5) is 21.1. The van der Waals surface area contributed by atoms with E-state index in [9.17, 15) is 9.90 Å². The zero-order chi connectivity index (χ0) is 14.8. The van der Waals surface area contributed by atoms with Crippen molar-refractivity contribution >= 4 is 22.7 Å². The van der Waals surface area contributed by atoms with Crippen LogP contribution in [0.3, 0.4) is 0 Å². The van der Waals surface area contributed by atoms with Gasteiger partial charge in [-0.15, -0.1) is 0 Å². The third kappa shape index (κ3) is 2.43. The van der Waals surface area contributed by atoms with Crippen molar-refractivity contribution in [2.24, 2.45) is 0 Å². The maximum Gasteiger partial charge on any atom is 0.266 e. The van der Waals surface area contributed by atoms with Gasteiger partial charge in [0.15, 0.2) is 5.16 Å². The number of benzene rings is 1. The van der Waals surface area contributed by atoms with Gasteiger partial charge in [-0.25, -0.2) is 9.97 Å². The van der Waals surface area contributed by atoms with Gasteiger partial charge in [0.05, 0.1) is 17.5 Å². The molecule has 0 unspecified atom stereocenters. The van der Waals surface area contributed by atoms with Crippen LogP contribution in [0.25, 0.3) is 16.6 Å². The van der Waals surface area contributed by atoms with E-state index in [4.69, 9.17) is 0 Å². The molecule has 0 saturated heterocycles. The van der Waals surface area contributed by atoms with Gasteiger partial charge in [0.25, 0.3) is 5.56 Å². The minimum atomic E-state index is -0.193. The van der Waals surface area contributed by atoms with Crippen molar-refractivity contribution in [1.82, 2.24) is 14.5 Å². The summed E-state index contributed by atoms with van der Waals surface area (Å²) in [6.45, 7) is -0.186. The summed E-state index contributed by atoms with van der Waals surface area (Å²) in [5.41, 5.74) is 1.66. The smallest absolute Gasteiger partial charge is 0.266 e. The van der Waals surface area contributed by atoms with Crippen molar-refractivity contribution in [2.45, 2.75) is 11.8 Å². The molecule has 0 amide bonds. The molecule has 1 N–H and O–H groups in total. The highest BCUT2D eigenvalue weighted by Crippen LogP contribution is 2.18. The Balaban J connectivity index is 2.35. The first-order chi connectivity index (χ1) is 10.2. The van der Waals surface area contributed by atoms with Gasteiger partial charge < -0.3 is 5.11 Å². The van der Waals surface area contributed by atoms with Crippen LogP contribution in [-0.4, -0.2) is 25.9 Å². The molecule has 0 radical (unpaired) electrons. The molecule has 0 aliphatic carbocycles. The summed E-state index contributed by atoms with van der Waals surface area (Å²) in [5, 5.41) is 10.6. The first-order valence-electron chi connectivity index (χ1n) is 6.36. The van der Waals surface area contributed by atoms with Gasteiger partial charge in [0.1, 0.15) is 0 Å². The lowest BCUT2D eigenvalue weighted by Gasteiger charge is -2.10. The normalized spacial score (nSPS) is 11.0. The van der Waals surface area contributed by atoms with E-state index in [0.29, 0.717) is 21.6 Å². The molecule has 2 aromatic heterocycles. The number of aromatic nitrogens is 3. The molecule has 0 aliphatic heterocycles. The number of hydrogen-bond acceptors (Lipinski definition) is 5. The van der Waals surface area contributed by atoms with E-state index < -0.39 is 0 Å². The molecule has 1 aromatic carbocycles. The zero-order valence-corrected chi connectivity index (χ0v) is 12.2. The molecule has 0 atom stereocenters. The standard InChI is InChI=1S/C15H13N3O2S/c1-21-15-16-7-12-13(17-15)10(9-19)8-18(14(12)20)11-5-3-2-4-6-11/h2-8,19H,9H2,1H3. The Labute approximate surface area is 125 Å². The van der Waals surface area contributed by atoms with E-state index in [1.54, 1.807) is 6.20 Å². The number of fused-ring (bicyclic) bond motifs is 1. The molecular weight excluding hydrogens is 286 g/mol.